The number of amides is 4. The minimum absolute atomic E-state index is 0.0204. The van der Waals surface area contributed by atoms with E-state index in [0.717, 1.165) is 16.0 Å². The minimum atomic E-state index is -0.868. The summed E-state index contributed by atoms with van der Waals surface area (Å²) in [5, 5.41) is 13.6. The van der Waals surface area contributed by atoms with Gasteiger partial charge in [-0.15, -0.1) is 0 Å². The number of nitro benzene ring substituents is 1. The lowest BCUT2D eigenvalue weighted by molar-refractivity contribution is -0.384. The minimum Gasteiger partial charge on any atom is -0.489 e. The highest BCUT2D eigenvalue weighted by molar-refractivity contribution is 6.39. The third-order valence-electron chi connectivity index (χ3n) is 6.27. The molecule has 0 unspecified atom stereocenters. The van der Waals surface area contributed by atoms with Crippen molar-refractivity contribution in [3.8, 4) is 11.5 Å². The van der Waals surface area contributed by atoms with Crippen LogP contribution in [0.25, 0.3) is 6.08 Å². The van der Waals surface area contributed by atoms with Crippen molar-refractivity contribution in [3.05, 3.63) is 134 Å². The number of nitrogens with one attached hydrogen (secondary N) is 1. The number of halogens is 1. The number of non-ortho nitro benzene ring substituents is 1. The zero-order chi connectivity index (χ0) is 29.6. The summed E-state index contributed by atoms with van der Waals surface area (Å²) in [6, 6.07) is 25.4. The Morgan fingerprint density at radius 2 is 1.55 bits per heavy atom. The highest BCUT2D eigenvalue weighted by Crippen LogP contribution is 2.26. The molecule has 1 N–H and O–H groups in total. The van der Waals surface area contributed by atoms with Crippen LogP contribution >= 0.6 is 11.6 Å². The summed E-state index contributed by atoms with van der Waals surface area (Å²) in [6.45, 7) is 0.387. The van der Waals surface area contributed by atoms with Crippen molar-refractivity contribution in [3.63, 3.8) is 0 Å². The fourth-order valence-electron chi connectivity index (χ4n) is 4.10. The van der Waals surface area contributed by atoms with Crippen LogP contribution < -0.4 is 19.7 Å². The standard InChI is InChI=1S/C31H22ClN3O7/c32-28-7-2-1-5-22(28)19-42-25-14-12-23(13-15-25)34-30(37)27(29(36)33-31(34)38)17-21-4-3-6-26(16-21)41-18-20-8-10-24(11-9-20)35(39)40/h1-17H,18-19H2,(H,33,36,38)/b27-17-. The lowest BCUT2D eigenvalue weighted by Crippen LogP contribution is -2.54. The van der Waals surface area contributed by atoms with Gasteiger partial charge in [0.05, 0.1) is 10.6 Å². The second kappa shape index (κ2) is 12.4. The lowest BCUT2D eigenvalue weighted by atomic mass is 10.1. The van der Waals surface area contributed by atoms with E-state index in [0.29, 0.717) is 22.1 Å². The van der Waals surface area contributed by atoms with Gasteiger partial charge in [0, 0.05) is 22.7 Å². The third-order valence-corrected chi connectivity index (χ3v) is 6.64. The molecular weight excluding hydrogens is 562 g/mol. The number of carbonyl (C=O) groups is 3. The number of ether oxygens (including phenoxy) is 2. The van der Waals surface area contributed by atoms with E-state index < -0.39 is 22.8 Å². The van der Waals surface area contributed by atoms with Crippen LogP contribution in [0.5, 0.6) is 11.5 Å². The first-order valence-corrected chi connectivity index (χ1v) is 13.0. The summed E-state index contributed by atoms with van der Waals surface area (Å²) < 4.78 is 11.5. The second-order valence-corrected chi connectivity index (χ2v) is 9.52. The van der Waals surface area contributed by atoms with Crippen LogP contribution in [0.3, 0.4) is 0 Å². The molecule has 42 heavy (non-hydrogen) atoms. The molecular formula is C31H22ClN3O7. The molecule has 0 aliphatic carbocycles. The molecule has 1 heterocycles. The van der Waals surface area contributed by atoms with Crippen LogP contribution in [0.15, 0.2) is 103 Å². The Hall–Kier alpha value is -5.48. The molecule has 1 saturated heterocycles. The van der Waals surface area contributed by atoms with Gasteiger partial charge in [0.15, 0.2) is 0 Å². The van der Waals surface area contributed by atoms with Crippen LogP contribution in [0.1, 0.15) is 16.7 Å². The fraction of sp³-hybridized carbons (Fsp3) is 0.0645. The van der Waals surface area contributed by atoms with E-state index in [-0.39, 0.29) is 30.2 Å². The smallest absolute Gasteiger partial charge is 0.335 e. The van der Waals surface area contributed by atoms with Crippen molar-refractivity contribution in [2.45, 2.75) is 13.2 Å². The molecule has 0 bridgehead atoms. The molecule has 210 valence electrons. The highest BCUT2D eigenvalue weighted by atomic mass is 35.5. The van der Waals surface area contributed by atoms with E-state index in [1.165, 1.54) is 18.2 Å². The van der Waals surface area contributed by atoms with Gasteiger partial charge in [0.1, 0.15) is 30.3 Å². The Labute approximate surface area is 244 Å². The Bertz CT molecular complexity index is 1700. The first kappa shape index (κ1) is 28.1. The van der Waals surface area contributed by atoms with E-state index >= 15 is 0 Å². The number of carbonyl (C=O) groups excluding carboxylic acids is 3. The van der Waals surface area contributed by atoms with Crippen molar-refractivity contribution < 1.29 is 28.8 Å². The zero-order valence-corrected chi connectivity index (χ0v) is 22.6. The van der Waals surface area contributed by atoms with Crippen LogP contribution in [-0.4, -0.2) is 22.8 Å². The average Bonchev–Trinajstić information content (AvgIpc) is 2.99. The predicted octanol–water partition coefficient (Wildman–Crippen LogP) is 6.07. The Morgan fingerprint density at radius 1 is 0.833 bits per heavy atom. The quantitative estimate of drug-likeness (QED) is 0.110. The summed E-state index contributed by atoms with van der Waals surface area (Å²) in [5.41, 5.74) is 2.02. The van der Waals surface area contributed by atoms with Crippen molar-refractivity contribution in [2.75, 3.05) is 4.90 Å². The van der Waals surface area contributed by atoms with Gasteiger partial charge in [-0.05, 0) is 71.8 Å². The third kappa shape index (κ3) is 6.45. The molecule has 10 nitrogen and oxygen atoms in total. The maximum Gasteiger partial charge on any atom is 0.335 e. The number of hydrogen-bond donors (Lipinski definition) is 1. The Morgan fingerprint density at radius 3 is 2.26 bits per heavy atom. The summed E-state index contributed by atoms with van der Waals surface area (Å²) >= 11 is 6.17. The highest BCUT2D eigenvalue weighted by Gasteiger charge is 2.36. The zero-order valence-electron chi connectivity index (χ0n) is 21.9. The van der Waals surface area contributed by atoms with Gasteiger partial charge >= 0.3 is 6.03 Å². The van der Waals surface area contributed by atoms with Crippen molar-refractivity contribution in [1.29, 1.82) is 0 Å². The average molecular weight is 584 g/mol. The molecule has 0 radical (unpaired) electrons. The van der Waals surface area contributed by atoms with Gasteiger partial charge in [-0.25, -0.2) is 9.69 Å². The van der Waals surface area contributed by atoms with E-state index in [1.54, 1.807) is 66.7 Å². The normalized spacial score (nSPS) is 14.1. The van der Waals surface area contributed by atoms with Gasteiger partial charge < -0.3 is 9.47 Å². The Kier molecular flexibility index (Phi) is 8.26. The molecule has 11 heteroatoms. The number of benzene rings is 4. The predicted molar refractivity (Wildman–Crippen MR) is 155 cm³/mol. The lowest BCUT2D eigenvalue weighted by Gasteiger charge is -2.26. The second-order valence-electron chi connectivity index (χ2n) is 9.12. The number of barbiturate groups is 1. The van der Waals surface area contributed by atoms with Gasteiger partial charge in [0.2, 0.25) is 0 Å². The molecule has 4 aromatic carbocycles. The van der Waals surface area contributed by atoms with Gasteiger partial charge in [-0.3, -0.25) is 25.0 Å². The number of hydrogen-bond acceptors (Lipinski definition) is 7. The van der Waals surface area contributed by atoms with Crippen molar-refractivity contribution in [2.24, 2.45) is 0 Å². The number of urea groups is 1. The summed E-state index contributed by atoms with van der Waals surface area (Å²) in [4.78, 5) is 49.8. The SMILES string of the molecule is O=C1NC(=O)N(c2ccc(OCc3ccccc3Cl)cc2)C(=O)/C1=C\c1cccc(OCc2ccc([N+](=O)[O-])cc2)c1. The first-order valence-electron chi connectivity index (χ1n) is 12.6. The molecule has 4 amide bonds. The van der Waals surface area contributed by atoms with E-state index in [9.17, 15) is 24.5 Å². The largest absolute Gasteiger partial charge is 0.489 e. The van der Waals surface area contributed by atoms with Crippen molar-refractivity contribution >= 4 is 46.9 Å². The van der Waals surface area contributed by atoms with Crippen LogP contribution in [-0.2, 0) is 22.8 Å². The maximum atomic E-state index is 13.3. The fourth-order valence-corrected chi connectivity index (χ4v) is 4.29. The number of nitrogens with zero attached hydrogens (tertiary/aromatic N) is 2. The van der Waals surface area contributed by atoms with Crippen LogP contribution in [0.2, 0.25) is 5.02 Å². The molecule has 0 spiro atoms. The molecule has 1 aliphatic heterocycles. The molecule has 5 rings (SSSR count). The van der Waals surface area contributed by atoms with E-state index in [1.807, 2.05) is 18.2 Å². The maximum absolute atomic E-state index is 13.3. The monoisotopic (exact) mass is 583 g/mol. The Balaban J connectivity index is 1.28. The van der Waals surface area contributed by atoms with Gasteiger partial charge in [-0.2, -0.15) is 0 Å². The number of rotatable bonds is 9. The number of nitro groups is 1. The number of anilines is 1. The molecule has 4 aromatic rings. The van der Waals surface area contributed by atoms with Crippen LogP contribution in [0, 0.1) is 10.1 Å². The van der Waals surface area contributed by atoms with Crippen LogP contribution in [0.4, 0.5) is 16.2 Å². The molecule has 0 atom stereocenters. The molecule has 0 aromatic heterocycles. The van der Waals surface area contributed by atoms with Gasteiger partial charge in [-0.1, -0.05) is 41.9 Å². The molecule has 1 fully saturated rings. The molecule has 0 saturated carbocycles. The topological polar surface area (TPSA) is 128 Å². The van der Waals surface area contributed by atoms with E-state index in [4.69, 9.17) is 21.1 Å². The summed E-state index contributed by atoms with van der Waals surface area (Å²) in [7, 11) is 0. The first-order chi connectivity index (χ1) is 20.3. The van der Waals surface area contributed by atoms with Gasteiger partial charge in [0.25, 0.3) is 17.5 Å². The molecule has 1 aliphatic rings. The number of imide groups is 2. The summed E-state index contributed by atoms with van der Waals surface area (Å²) in [6.07, 6.45) is 1.37. The summed E-state index contributed by atoms with van der Waals surface area (Å²) in [5.74, 6) is -0.656. The van der Waals surface area contributed by atoms with E-state index in [2.05, 4.69) is 5.32 Å². The van der Waals surface area contributed by atoms with Crippen molar-refractivity contribution in [1.82, 2.24) is 5.32 Å².